The van der Waals surface area contributed by atoms with Crippen molar-refractivity contribution in [2.24, 2.45) is 0 Å². The molecular weight excluding hydrogens is 478 g/mol. The molecule has 39 heavy (non-hydrogen) atoms. The summed E-state index contributed by atoms with van der Waals surface area (Å²) in [6, 6.07) is -0.0884. The molecule has 0 bridgehead atoms. The van der Waals surface area contributed by atoms with E-state index in [0.29, 0.717) is 6.42 Å². The first-order chi connectivity index (χ1) is 19.2. The van der Waals surface area contributed by atoms with Crippen LogP contribution in [0.2, 0.25) is 0 Å². The number of nitrogens with one attached hydrogen (secondary N) is 1. The zero-order valence-corrected chi connectivity index (χ0v) is 27.0. The van der Waals surface area contributed by atoms with E-state index in [-0.39, 0.29) is 11.9 Å². The van der Waals surface area contributed by atoms with Gasteiger partial charge in [0.25, 0.3) is 0 Å². The average molecular weight is 550 g/mol. The van der Waals surface area contributed by atoms with Crippen molar-refractivity contribution in [1.82, 2.24) is 5.32 Å². The molecule has 2 N–H and O–H groups in total. The van der Waals surface area contributed by atoms with Crippen molar-refractivity contribution in [3.63, 3.8) is 0 Å². The molecule has 0 aliphatic rings. The largest absolute Gasteiger partial charge is 0.391 e. The molecule has 1 amide bonds. The van der Waals surface area contributed by atoms with Gasteiger partial charge < -0.3 is 10.4 Å². The van der Waals surface area contributed by atoms with Gasteiger partial charge in [-0.3, -0.25) is 4.79 Å². The molecule has 0 heterocycles. The van der Waals surface area contributed by atoms with E-state index in [0.717, 1.165) is 32.1 Å². The lowest BCUT2D eigenvalue weighted by Crippen LogP contribution is -2.42. The molecule has 0 radical (unpaired) electrons. The smallest absolute Gasteiger partial charge is 0.220 e. The summed E-state index contributed by atoms with van der Waals surface area (Å²) in [5.74, 6) is 0.124. The Morgan fingerprint density at radius 1 is 0.564 bits per heavy atom. The van der Waals surface area contributed by atoms with Crippen molar-refractivity contribution >= 4 is 5.91 Å². The second-order valence-electron chi connectivity index (χ2n) is 12.2. The molecule has 0 aromatic rings. The summed E-state index contributed by atoms with van der Waals surface area (Å²) in [5, 5.41) is 13.7. The van der Waals surface area contributed by atoms with Crippen LogP contribution < -0.4 is 5.32 Å². The minimum Gasteiger partial charge on any atom is -0.391 e. The number of aliphatic hydroxyl groups is 1. The molecule has 3 heteroatoms. The number of hydrogen-bond acceptors (Lipinski definition) is 2. The monoisotopic (exact) mass is 550 g/mol. The number of carbonyl (C=O) groups is 1. The molecule has 0 aliphatic carbocycles. The maximum atomic E-state index is 12.4. The Hall–Kier alpha value is -0.830. The van der Waals surface area contributed by atoms with Crippen LogP contribution in [0.1, 0.15) is 201 Å². The van der Waals surface area contributed by atoms with Crippen LogP contribution in [-0.2, 0) is 4.79 Å². The second-order valence-corrected chi connectivity index (χ2v) is 12.2. The van der Waals surface area contributed by atoms with E-state index in [1.807, 2.05) is 0 Å². The van der Waals surface area contributed by atoms with Crippen molar-refractivity contribution in [2.45, 2.75) is 213 Å². The molecule has 0 saturated carbocycles. The number of rotatable bonds is 31. The Kier molecular flexibility index (Phi) is 31.0. The first kappa shape index (κ1) is 38.2. The lowest BCUT2D eigenvalue weighted by atomic mass is 10.00. The minimum atomic E-state index is -0.408. The number of carbonyl (C=O) groups excluding carboxylic acids is 1. The van der Waals surface area contributed by atoms with Gasteiger partial charge in [0.2, 0.25) is 5.91 Å². The molecule has 0 fully saturated rings. The van der Waals surface area contributed by atoms with Gasteiger partial charge in [-0.1, -0.05) is 161 Å². The predicted molar refractivity (Wildman–Crippen MR) is 173 cm³/mol. The SMILES string of the molecule is CCCCCCC=CCCCCCCCCCC(O)C(CC)NC(=O)CCCCCCCCCCCCCC. The molecule has 0 spiro atoms. The summed E-state index contributed by atoms with van der Waals surface area (Å²) in [4.78, 5) is 12.4. The third-order valence-electron chi connectivity index (χ3n) is 8.27. The van der Waals surface area contributed by atoms with Crippen molar-refractivity contribution < 1.29 is 9.90 Å². The third-order valence-corrected chi connectivity index (χ3v) is 8.27. The van der Waals surface area contributed by atoms with Crippen LogP contribution in [0.15, 0.2) is 12.2 Å². The van der Waals surface area contributed by atoms with Gasteiger partial charge in [-0.15, -0.1) is 0 Å². The Bertz CT molecular complexity index is 518. The summed E-state index contributed by atoms with van der Waals surface area (Å²) < 4.78 is 0. The lowest BCUT2D eigenvalue weighted by molar-refractivity contribution is -0.122. The fourth-order valence-corrected chi connectivity index (χ4v) is 5.50. The van der Waals surface area contributed by atoms with E-state index in [9.17, 15) is 9.90 Å². The molecule has 0 aromatic carbocycles. The summed E-state index contributed by atoms with van der Waals surface area (Å²) in [7, 11) is 0. The van der Waals surface area contributed by atoms with Gasteiger partial charge in [0.05, 0.1) is 12.1 Å². The Morgan fingerprint density at radius 2 is 0.949 bits per heavy atom. The van der Waals surface area contributed by atoms with Crippen LogP contribution in [0, 0.1) is 0 Å². The molecule has 0 saturated heterocycles. The van der Waals surface area contributed by atoms with Gasteiger partial charge in [-0.05, 0) is 44.9 Å². The maximum Gasteiger partial charge on any atom is 0.220 e. The second kappa shape index (κ2) is 31.7. The van der Waals surface area contributed by atoms with Crippen molar-refractivity contribution in [3.05, 3.63) is 12.2 Å². The Labute approximate surface area is 245 Å². The highest BCUT2D eigenvalue weighted by atomic mass is 16.3. The first-order valence-electron chi connectivity index (χ1n) is 17.8. The molecule has 0 aromatic heterocycles. The van der Waals surface area contributed by atoms with Gasteiger partial charge in [-0.25, -0.2) is 0 Å². The fraction of sp³-hybridized carbons (Fsp3) is 0.917. The van der Waals surface area contributed by atoms with Gasteiger partial charge >= 0.3 is 0 Å². The molecule has 0 aliphatic heterocycles. The Morgan fingerprint density at radius 3 is 1.41 bits per heavy atom. The fourth-order valence-electron chi connectivity index (χ4n) is 5.50. The van der Waals surface area contributed by atoms with E-state index in [1.54, 1.807) is 0 Å². The molecular formula is C36H71NO2. The number of allylic oxidation sites excluding steroid dienone is 2. The van der Waals surface area contributed by atoms with E-state index in [4.69, 9.17) is 0 Å². The van der Waals surface area contributed by atoms with Crippen LogP contribution in [-0.4, -0.2) is 23.2 Å². The van der Waals surface area contributed by atoms with Gasteiger partial charge in [0.15, 0.2) is 0 Å². The highest BCUT2D eigenvalue weighted by Crippen LogP contribution is 2.15. The number of unbranched alkanes of at least 4 members (excludes halogenated alkanes) is 22. The molecule has 0 rings (SSSR count). The van der Waals surface area contributed by atoms with Crippen molar-refractivity contribution in [2.75, 3.05) is 0 Å². The Balaban J connectivity index is 3.58. The van der Waals surface area contributed by atoms with Crippen molar-refractivity contribution in [3.8, 4) is 0 Å². The van der Waals surface area contributed by atoms with Crippen LogP contribution >= 0.6 is 0 Å². The van der Waals surface area contributed by atoms with Crippen LogP contribution in [0.25, 0.3) is 0 Å². The average Bonchev–Trinajstić information content (AvgIpc) is 2.94. The van der Waals surface area contributed by atoms with Crippen LogP contribution in [0.5, 0.6) is 0 Å². The van der Waals surface area contributed by atoms with Gasteiger partial charge in [0.1, 0.15) is 0 Å². The zero-order valence-electron chi connectivity index (χ0n) is 27.0. The summed E-state index contributed by atoms with van der Waals surface area (Å²) >= 11 is 0. The zero-order chi connectivity index (χ0) is 28.7. The van der Waals surface area contributed by atoms with Gasteiger partial charge in [-0.2, -0.15) is 0 Å². The quantitative estimate of drug-likeness (QED) is 0.0667. The standard InChI is InChI=1S/C36H71NO2/c1-4-7-9-11-13-15-17-19-20-21-22-24-26-28-30-32-35(38)34(6-3)37-36(39)33-31-29-27-25-23-18-16-14-12-10-8-5-2/h15,17,34-35,38H,4-14,16,18-33H2,1-3H3,(H,37,39). The highest BCUT2D eigenvalue weighted by Gasteiger charge is 2.18. The summed E-state index contributed by atoms with van der Waals surface area (Å²) in [6.45, 7) is 6.61. The summed E-state index contributed by atoms with van der Waals surface area (Å²) in [5.41, 5.74) is 0. The molecule has 3 nitrogen and oxygen atoms in total. The molecule has 2 unspecified atom stereocenters. The maximum absolute atomic E-state index is 12.4. The van der Waals surface area contributed by atoms with Gasteiger partial charge in [0, 0.05) is 6.42 Å². The number of aliphatic hydroxyl groups excluding tert-OH is 1. The number of amides is 1. The molecule has 2 atom stereocenters. The van der Waals surface area contributed by atoms with E-state index < -0.39 is 6.10 Å². The topological polar surface area (TPSA) is 49.3 Å². The normalized spacial score (nSPS) is 13.2. The first-order valence-corrected chi connectivity index (χ1v) is 17.8. The number of hydrogen-bond donors (Lipinski definition) is 2. The van der Waals surface area contributed by atoms with E-state index in [2.05, 4.69) is 38.2 Å². The van der Waals surface area contributed by atoms with Crippen LogP contribution in [0.3, 0.4) is 0 Å². The summed E-state index contributed by atoms with van der Waals surface area (Å²) in [6.07, 6.45) is 39.1. The predicted octanol–water partition coefficient (Wildman–Crippen LogP) is 11.4. The third kappa shape index (κ3) is 28.5. The van der Waals surface area contributed by atoms with Crippen molar-refractivity contribution in [1.29, 1.82) is 0 Å². The van der Waals surface area contributed by atoms with Crippen LogP contribution in [0.4, 0.5) is 0 Å². The minimum absolute atomic E-state index is 0.0884. The highest BCUT2D eigenvalue weighted by molar-refractivity contribution is 5.76. The van der Waals surface area contributed by atoms with E-state index in [1.165, 1.54) is 141 Å². The lowest BCUT2D eigenvalue weighted by Gasteiger charge is -2.23. The molecule has 232 valence electrons. The van der Waals surface area contributed by atoms with E-state index >= 15 is 0 Å².